The number of thiophene rings is 1. The third-order valence-corrected chi connectivity index (χ3v) is 13.5. The van der Waals surface area contributed by atoms with Gasteiger partial charge in [-0.2, -0.15) is 0 Å². The molecule has 1 nitrogen and oxygen atoms in total. The van der Waals surface area contributed by atoms with Gasteiger partial charge in [0.25, 0.3) is 0 Å². The largest absolute Gasteiger partial charge is 0.311 e. The molecule has 1 heterocycles. The quantitative estimate of drug-likeness (QED) is 0.152. The average Bonchev–Trinajstić information content (AvgIpc) is 3.71. The first-order chi connectivity index (χ1) is 29.7. The van der Waals surface area contributed by atoms with E-state index in [2.05, 4.69) is 229 Å². The van der Waals surface area contributed by atoms with E-state index in [1.807, 2.05) is 11.3 Å². The molecule has 12 aromatic rings. The summed E-state index contributed by atoms with van der Waals surface area (Å²) in [6.45, 7) is 0. The Bertz CT molecular complexity index is 3420. The van der Waals surface area contributed by atoms with E-state index >= 15 is 0 Å². The first-order valence-electron chi connectivity index (χ1n) is 20.6. The first-order valence-corrected chi connectivity index (χ1v) is 21.4. The lowest BCUT2D eigenvalue weighted by atomic mass is 9.93. The fourth-order valence-corrected chi connectivity index (χ4v) is 10.6. The number of benzene rings is 11. The van der Waals surface area contributed by atoms with Crippen LogP contribution in [0.3, 0.4) is 0 Å². The van der Waals surface area contributed by atoms with Gasteiger partial charge in [0.15, 0.2) is 0 Å². The molecular formula is C58H37NS. The minimum atomic E-state index is 1.10. The van der Waals surface area contributed by atoms with Crippen molar-refractivity contribution in [3.05, 3.63) is 224 Å². The van der Waals surface area contributed by atoms with Crippen molar-refractivity contribution in [3.8, 4) is 33.4 Å². The minimum Gasteiger partial charge on any atom is -0.311 e. The minimum absolute atomic E-state index is 1.10. The Hall–Kier alpha value is -7.52. The van der Waals surface area contributed by atoms with E-state index in [9.17, 15) is 0 Å². The summed E-state index contributed by atoms with van der Waals surface area (Å²) in [5.74, 6) is 0. The van der Waals surface area contributed by atoms with E-state index in [0.717, 1.165) is 17.1 Å². The van der Waals surface area contributed by atoms with Crippen LogP contribution < -0.4 is 4.90 Å². The molecule has 60 heavy (non-hydrogen) atoms. The topological polar surface area (TPSA) is 3.24 Å². The van der Waals surface area contributed by atoms with Gasteiger partial charge in [-0.15, -0.1) is 11.3 Å². The van der Waals surface area contributed by atoms with Crippen LogP contribution in [0.1, 0.15) is 0 Å². The SMILES string of the molecule is c1ccc2c(c1)cc(-c1ccc(N(c3ccc(-c4cc5ccccc5c5ccccc45)cc3)c3ccc(-c4cccc5c4sc4ccccc45)cc3)cc1)c1ccccc12. The summed E-state index contributed by atoms with van der Waals surface area (Å²) in [6.07, 6.45) is 0. The van der Waals surface area contributed by atoms with Crippen molar-refractivity contribution in [2.45, 2.75) is 0 Å². The van der Waals surface area contributed by atoms with Crippen LogP contribution in [0.5, 0.6) is 0 Å². The van der Waals surface area contributed by atoms with Gasteiger partial charge in [-0.05, 0) is 131 Å². The van der Waals surface area contributed by atoms with Gasteiger partial charge in [0.05, 0.1) is 0 Å². The molecule has 0 aliphatic heterocycles. The Labute approximate surface area is 352 Å². The molecule has 280 valence electrons. The summed E-state index contributed by atoms with van der Waals surface area (Å²) in [4.78, 5) is 2.38. The molecule has 0 amide bonds. The second-order valence-electron chi connectivity index (χ2n) is 15.6. The van der Waals surface area contributed by atoms with Crippen LogP contribution >= 0.6 is 11.3 Å². The highest BCUT2D eigenvalue weighted by atomic mass is 32.1. The molecule has 0 radical (unpaired) electrons. The molecular weight excluding hydrogens is 743 g/mol. The van der Waals surface area contributed by atoms with Crippen LogP contribution in [-0.2, 0) is 0 Å². The predicted molar refractivity (Wildman–Crippen MR) is 260 cm³/mol. The van der Waals surface area contributed by atoms with Crippen molar-refractivity contribution >= 4 is 91.7 Å². The monoisotopic (exact) mass is 779 g/mol. The van der Waals surface area contributed by atoms with Gasteiger partial charge in [0.1, 0.15) is 0 Å². The van der Waals surface area contributed by atoms with Crippen LogP contribution in [0, 0.1) is 0 Å². The van der Waals surface area contributed by atoms with Crippen LogP contribution in [-0.4, -0.2) is 0 Å². The molecule has 0 unspecified atom stereocenters. The maximum absolute atomic E-state index is 2.38. The Morgan fingerprint density at radius 2 is 0.650 bits per heavy atom. The number of nitrogens with zero attached hydrogens (tertiary/aromatic N) is 1. The summed E-state index contributed by atoms with van der Waals surface area (Å²) in [6, 6.07) is 82.4. The smallest absolute Gasteiger partial charge is 0.0462 e. The standard InChI is InChI=1S/C58H37NS/c1-3-14-46-41(12-1)36-55(51-18-7-5-16-49(46)51)39-26-32-44(33-27-39)59(43-30-24-38(25-31-43)48-21-11-22-54-53-20-9-10-23-57(53)60-58(48)54)45-34-28-40(29-35-45)56-37-42-13-2-4-15-47(42)50-17-6-8-19-52(50)56/h1-37H. The molecule has 11 aromatic carbocycles. The fourth-order valence-electron chi connectivity index (χ4n) is 9.38. The molecule has 0 spiro atoms. The van der Waals surface area contributed by atoms with Crippen molar-refractivity contribution in [2.24, 2.45) is 0 Å². The zero-order valence-corrected chi connectivity index (χ0v) is 33.5. The normalized spacial score (nSPS) is 11.7. The summed E-state index contributed by atoms with van der Waals surface area (Å²) in [7, 11) is 0. The maximum atomic E-state index is 2.38. The molecule has 12 rings (SSSR count). The summed E-state index contributed by atoms with van der Waals surface area (Å²) in [5, 5.41) is 12.8. The summed E-state index contributed by atoms with van der Waals surface area (Å²) < 4.78 is 2.65. The van der Waals surface area contributed by atoms with E-state index in [4.69, 9.17) is 0 Å². The van der Waals surface area contributed by atoms with E-state index in [0.29, 0.717) is 0 Å². The lowest BCUT2D eigenvalue weighted by Gasteiger charge is -2.26. The zero-order chi connectivity index (χ0) is 39.6. The second-order valence-corrected chi connectivity index (χ2v) is 16.7. The van der Waals surface area contributed by atoms with Crippen LogP contribution in [0.2, 0.25) is 0 Å². The van der Waals surface area contributed by atoms with Crippen molar-refractivity contribution in [1.29, 1.82) is 0 Å². The van der Waals surface area contributed by atoms with Gasteiger partial charge in [0, 0.05) is 37.2 Å². The van der Waals surface area contributed by atoms with Gasteiger partial charge in [-0.1, -0.05) is 170 Å². The highest BCUT2D eigenvalue weighted by Crippen LogP contribution is 2.43. The van der Waals surface area contributed by atoms with Crippen LogP contribution in [0.4, 0.5) is 17.1 Å². The number of hydrogen-bond acceptors (Lipinski definition) is 2. The van der Waals surface area contributed by atoms with Gasteiger partial charge in [0.2, 0.25) is 0 Å². The molecule has 0 saturated carbocycles. The number of rotatable bonds is 6. The lowest BCUT2D eigenvalue weighted by Crippen LogP contribution is -2.09. The highest BCUT2D eigenvalue weighted by molar-refractivity contribution is 7.26. The second kappa shape index (κ2) is 14.1. The van der Waals surface area contributed by atoms with Crippen molar-refractivity contribution < 1.29 is 0 Å². The highest BCUT2D eigenvalue weighted by Gasteiger charge is 2.17. The number of hydrogen-bond donors (Lipinski definition) is 0. The molecule has 1 aromatic heterocycles. The van der Waals surface area contributed by atoms with Gasteiger partial charge < -0.3 is 4.90 Å². The fraction of sp³-hybridized carbons (Fsp3) is 0. The van der Waals surface area contributed by atoms with E-state index in [1.54, 1.807) is 0 Å². The molecule has 0 atom stereocenters. The van der Waals surface area contributed by atoms with E-state index in [-0.39, 0.29) is 0 Å². The Morgan fingerprint density at radius 3 is 1.15 bits per heavy atom. The summed E-state index contributed by atoms with van der Waals surface area (Å²) >= 11 is 1.88. The average molecular weight is 780 g/mol. The maximum Gasteiger partial charge on any atom is 0.0462 e. The molecule has 0 bridgehead atoms. The van der Waals surface area contributed by atoms with E-state index < -0.39 is 0 Å². The first kappa shape index (κ1) is 34.5. The van der Waals surface area contributed by atoms with E-state index in [1.165, 1.54) is 96.6 Å². The Morgan fingerprint density at radius 1 is 0.267 bits per heavy atom. The van der Waals surface area contributed by atoms with Crippen molar-refractivity contribution in [3.63, 3.8) is 0 Å². The molecule has 0 saturated heterocycles. The molecule has 2 heteroatoms. The Kier molecular flexibility index (Phi) is 8.11. The lowest BCUT2D eigenvalue weighted by molar-refractivity contribution is 1.28. The molecule has 0 N–H and O–H groups in total. The molecule has 0 aliphatic carbocycles. The van der Waals surface area contributed by atoms with Gasteiger partial charge in [-0.25, -0.2) is 0 Å². The predicted octanol–water partition coefficient (Wildman–Crippen LogP) is 17.1. The van der Waals surface area contributed by atoms with Gasteiger partial charge >= 0.3 is 0 Å². The number of anilines is 3. The number of fused-ring (bicyclic) bond motifs is 9. The third kappa shape index (κ3) is 5.68. The van der Waals surface area contributed by atoms with Crippen molar-refractivity contribution in [1.82, 2.24) is 0 Å². The summed E-state index contributed by atoms with van der Waals surface area (Å²) in [5.41, 5.74) is 10.7. The third-order valence-electron chi connectivity index (χ3n) is 12.2. The molecule has 0 fully saturated rings. The Balaban J connectivity index is 0.975. The van der Waals surface area contributed by atoms with Gasteiger partial charge in [-0.3, -0.25) is 0 Å². The zero-order valence-electron chi connectivity index (χ0n) is 32.7. The van der Waals surface area contributed by atoms with Crippen molar-refractivity contribution in [2.75, 3.05) is 4.90 Å². The van der Waals surface area contributed by atoms with Crippen LogP contribution in [0.25, 0.3) is 96.6 Å². The molecule has 0 aliphatic rings. The van der Waals surface area contributed by atoms with Crippen LogP contribution in [0.15, 0.2) is 224 Å².